The van der Waals surface area contributed by atoms with E-state index in [1.54, 1.807) is 7.11 Å². The Hall–Kier alpha value is -2.18. The molecule has 1 aromatic carbocycles. The van der Waals surface area contributed by atoms with Gasteiger partial charge in [0.15, 0.2) is 0 Å². The minimum Gasteiger partial charge on any atom is -0.385 e. The molecule has 1 saturated heterocycles. The Morgan fingerprint density at radius 3 is 2.32 bits per heavy atom. The number of nitrogens with zero attached hydrogens (tertiary/aromatic N) is 3. The molecule has 0 atom stereocenters. The summed E-state index contributed by atoms with van der Waals surface area (Å²) >= 11 is 0. The fourth-order valence-electron chi connectivity index (χ4n) is 3.87. The normalized spacial score (nSPS) is 18.6. The molecule has 0 unspecified atom stereocenters. The van der Waals surface area contributed by atoms with Crippen molar-refractivity contribution in [1.29, 1.82) is 0 Å². The average Bonchev–Trinajstić information content (AvgIpc) is 2.95. The maximum absolute atomic E-state index is 13.2. The Labute approximate surface area is 167 Å². The number of ether oxygens (including phenoxy) is 1. The van der Waals surface area contributed by atoms with Crippen LogP contribution in [0.4, 0.5) is 0 Å². The number of likely N-dealkylation sites (N-methyl/N-ethyl adjacent to an activating group) is 1. The molecule has 0 radical (unpaired) electrons. The van der Waals surface area contributed by atoms with Crippen molar-refractivity contribution >= 4 is 17.4 Å². The highest BCUT2D eigenvalue weighted by Crippen LogP contribution is 2.33. The van der Waals surface area contributed by atoms with Crippen LogP contribution in [0.5, 0.6) is 0 Å². The number of benzene rings is 1. The Balaban J connectivity index is 1.96. The second kappa shape index (κ2) is 8.88. The number of rotatable bonds is 7. The quantitative estimate of drug-likeness (QED) is 0.531. The number of carbonyl (C=O) groups is 2. The summed E-state index contributed by atoms with van der Waals surface area (Å²) < 4.78 is 5.10. The van der Waals surface area contributed by atoms with Gasteiger partial charge in [0.05, 0.1) is 5.57 Å². The lowest BCUT2D eigenvalue weighted by molar-refractivity contribution is -0.137. The van der Waals surface area contributed by atoms with Gasteiger partial charge in [-0.15, -0.1) is 0 Å². The van der Waals surface area contributed by atoms with E-state index >= 15 is 0 Å². The highest BCUT2D eigenvalue weighted by Gasteiger charge is 2.41. The van der Waals surface area contributed by atoms with Crippen molar-refractivity contribution in [1.82, 2.24) is 14.7 Å². The third-order valence-electron chi connectivity index (χ3n) is 5.81. The average molecular weight is 386 g/mol. The van der Waals surface area contributed by atoms with Crippen molar-refractivity contribution < 1.29 is 14.3 Å². The largest absolute Gasteiger partial charge is 0.385 e. The van der Waals surface area contributed by atoms with E-state index < -0.39 is 0 Å². The van der Waals surface area contributed by atoms with Crippen LogP contribution in [0, 0.1) is 13.8 Å². The van der Waals surface area contributed by atoms with Gasteiger partial charge in [0.1, 0.15) is 5.70 Å². The van der Waals surface area contributed by atoms with Crippen LogP contribution in [0.15, 0.2) is 23.9 Å². The van der Waals surface area contributed by atoms with E-state index in [4.69, 9.17) is 4.74 Å². The molecule has 0 N–H and O–H groups in total. The number of carbonyl (C=O) groups excluding carboxylic acids is 2. The number of amides is 2. The number of aryl methyl sites for hydroxylation is 2. The van der Waals surface area contributed by atoms with Gasteiger partial charge in [-0.05, 0) is 43.5 Å². The van der Waals surface area contributed by atoms with Crippen molar-refractivity contribution in [3.8, 4) is 0 Å². The van der Waals surface area contributed by atoms with E-state index in [0.717, 1.165) is 43.9 Å². The Morgan fingerprint density at radius 2 is 1.71 bits per heavy atom. The molecule has 2 heterocycles. The molecule has 0 aromatic heterocycles. The first-order valence-electron chi connectivity index (χ1n) is 10.1. The van der Waals surface area contributed by atoms with Crippen LogP contribution in [0.2, 0.25) is 0 Å². The monoisotopic (exact) mass is 385 g/mol. The van der Waals surface area contributed by atoms with E-state index in [2.05, 4.69) is 23.6 Å². The van der Waals surface area contributed by atoms with E-state index in [-0.39, 0.29) is 11.8 Å². The third kappa shape index (κ3) is 3.98. The number of piperazine rings is 1. The SMILES string of the molecule is CCN1CCN(C2=C(c3ccc(C)c(C)c3)C(=O)N(CCCOC)C2=O)CC1. The summed E-state index contributed by atoms with van der Waals surface area (Å²) in [7, 11) is 1.63. The van der Waals surface area contributed by atoms with Gasteiger partial charge >= 0.3 is 0 Å². The smallest absolute Gasteiger partial charge is 0.277 e. The number of hydrogen-bond acceptors (Lipinski definition) is 5. The van der Waals surface area contributed by atoms with E-state index in [1.165, 1.54) is 10.5 Å². The topological polar surface area (TPSA) is 53.1 Å². The van der Waals surface area contributed by atoms with Crippen LogP contribution < -0.4 is 0 Å². The summed E-state index contributed by atoms with van der Waals surface area (Å²) in [6.07, 6.45) is 0.644. The van der Waals surface area contributed by atoms with Gasteiger partial charge < -0.3 is 14.5 Å². The zero-order valence-corrected chi connectivity index (χ0v) is 17.5. The second-order valence-electron chi connectivity index (χ2n) is 7.55. The van der Waals surface area contributed by atoms with E-state index in [9.17, 15) is 9.59 Å². The Bertz CT molecular complexity index is 779. The number of imide groups is 1. The minimum atomic E-state index is -0.183. The predicted octanol–water partition coefficient (Wildman–Crippen LogP) is 2.06. The standard InChI is InChI=1S/C22H31N3O3/c1-5-23-10-12-24(13-11-23)20-19(18-8-7-16(2)17(3)15-18)21(26)25(22(20)27)9-6-14-28-4/h7-8,15H,5-6,9-14H2,1-4H3. The number of methoxy groups -OCH3 is 1. The maximum Gasteiger partial charge on any atom is 0.277 e. The van der Waals surface area contributed by atoms with Gasteiger partial charge in [-0.25, -0.2) is 0 Å². The summed E-state index contributed by atoms with van der Waals surface area (Å²) in [5.74, 6) is -0.350. The molecule has 3 rings (SSSR count). The molecule has 6 nitrogen and oxygen atoms in total. The third-order valence-corrected chi connectivity index (χ3v) is 5.81. The first kappa shape index (κ1) is 20.6. The van der Waals surface area contributed by atoms with Gasteiger partial charge in [0.2, 0.25) is 0 Å². The summed E-state index contributed by atoms with van der Waals surface area (Å²) in [6.45, 7) is 11.5. The van der Waals surface area contributed by atoms with Crippen molar-refractivity contribution in [2.45, 2.75) is 27.2 Å². The Kier molecular flexibility index (Phi) is 6.52. The highest BCUT2D eigenvalue weighted by atomic mass is 16.5. The minimum absolute atomic E-state index is 0.167. The first-order valence-corrected chi connectivity index (χ1v) is 10.1. The van der Waals surface area contributed by atoms with Crippen LogP contribution in [0.25, 0.3) is 5.57 Å². The number of hydrogen-bond donors (Lipinski definition) is 0. The molecule has 0 aliphatic carbocycles. The fourth-order valence-corrected chi connectivity index (χ4v) is 3.87. The van der Waals surface area contributed by atoms with Crippen LogP contribution >= 0.6 is 0 Å². The lowest BCUT2D eigenvalue weighted by Gasteiger charge is -2.36. The zero-order valence-electron chi connectivity index (χ0n) is 17.5. The zero-order chi connectivity index (χ0) is 20.3. The maximum atomic E-state index is 13.2. The lowest BCUT2D eigenvalue weighted by atomic mass is 9.99. The molecular formula is C22H31N3O3. The predicted molar refractivity (Wildman–Crippen MR) is 110 cm³/mol. The molecule has 28 heavy (non-hydrogen) atoms. The summed E-state index contributed by atoms with van der Waals surface area (Å²) in [4.78, 5) is 32.4. The van der Waals surface area contributed by atoms with Crippen LogP contribution in [0.1, 0.15) is 30.0 Å². The Morgan fingerprint density at radius 1 is 1.00 bits per heavy atom. The first-order chi connectivity index (χ1) is 13.5. The molecule has 6 heteroatoms. The molecule has 2 aliphatic rings. The molecule has 1 aromatic rings. The van der Waals surface area contributed by atoms with Crippen molar-refractivity contribution in [2.24, 2.45) is 0 Å². The van der Waals surface area contributed by atoms with Gasteiger partial charge in [-0.3, -0.25) is 14.5 Å². The van der Waals surface area contributed by atoms with Crippen molar-refractivity contribution in [2.75, 3.05) is 53.0 Å². The molecule has 0 spiro atoms. The molecule has 0 bridgehead atoms. The van der Waals surface area contributed by atoms with E-state index in [1.807, 2.05) is 25.1 Å². The molecule has 1 fully saturated rings. The van der Waals surface area contributed by atoms with Crippen LogP contribution in [0.3, 0.4) is 0 Å². The van der Waals surface area contributed by atoms with Gasteiger partial charge in [0.25, 0.3) is 11.8 Å². The second-order valence-corrected chi connectivity index (χ2v) is 7.55. The fraction of sp³-hybridized carbons (Fsp3) is 0.545. The van der Waals surface area contributed by atoms with Gasteiger partial charge in [0, 0.05) is 46.4 Å². The van der Waals surface area contributed by atoms with E-state index in [0.29, 0.717) is 30.8 Å². The molecular weight excluding hydrogens is 354 g/mol. The summed E-state index contributed by atoms with van der Waals surface area (Å²) in [6, 6.07) is 6.01. The van der Waals surface area contributed by atoms with Gasteiger partial charge in [-0.2, -0.15) is 0 Å². The highest BCUT2D eigenvalue weighted by molar-refractivity contribution is 6.35. The molecule has 2 aliphatic heterocycles. The molecule has 152 valence electrons. The van der Waals surface area contributed by atoms with Crippen LogP contribution in [-0.4, -0.2) is 79.5 Å². The van der Waals surface area contributed by atoms with Crippen molar-refractivity contribution in [3.63, 3.8) is 0 Å². The lowest BCUT2D eigenvalue weighted by Crippen LogP contribution is -2.47. The summed E-state index contributed by atoms with van der Waals surface area (Å²) in [5, 5.41) is 0. The van der Waals surface area contributed by atoms with Crippen molar-refractivity contribution in [3.05, 3.63) is 40.6 Å². The van der Waals surface area contributed by atoms with Crippen LogP contribution in [-0.2, 0) is 14.3 Å². The molecule has 2 amide bonds. The summed E-state index contributed by atoms with van der Waals surface area (Å²) in [5.41, 5.74) is 4.26. The van der Waals surface area contributed by atoms with Gasteiger partial charge in [-0.1, -0.05) is 25.1 Å². The molecule has 0 saturated carbocycles.